The van der Waals surface area contributed by atoms with Gasteiger partial charge in [0, 0.05) is 34.3 Å². The lowest BCUT2D eigenvalue weighted by molar-refractivity contribution is 1.37. The van der Waals surface area contributed by atoms with E-state index < -0.39 is 0 Å². The Morgan fingerprint density at radius 2 is 0.652 bits per heavy atom. The number of nitrogens with zero attached hydrogens (tertiary/aromatic N) is 2. The molecular weight excluding hydrogens is 556 g/mol. The zero-order valence-corrected chi connectivity index (χ0v) is 24.8. The van der Waals surface area contributed by atoms with Crippen LogP contribution in [-0.4, -0.2) is 9.97 Å². The minimum absolute atomic E-state index is 0.931. The second kappa shape index (κ2) is 8.74. The third-order valence-electron chi connectivity index (χ3n) is 10.2. The number of benzene rings is 9. The number of aromatic nitrogens is 2. The predicted octanol–water partition coefficient (Wildman–Crippen LogP) is 11.9. The summed E-state index contributed by atoms with van der Waals surface area (Å²) in [6, 6.07) is 49.0. The fraction of sp³-hybridized carbons (Fsp3) is 0. The highest BCUT2D eigenvalue weighted by Gasteiger charge is 2.15. The van der Waals surface area contributed by atoms with Gasteiger partial charge in [0.25, 0.3) is 0 Å². The van der Waals surface area contributed by atoms with Crippen LogP contribution in [0.5, 0.6) is 0 Å². The van der Waals surface area contributed by atoms with Crippen LogP contribution in [0.2, 0.25) is 0 Å². The number of rotatable bonds is 2. The monoisotopic (exact) mass is 580 g/mol. The second-order valence-electron chi connectivity index (χ2n) is 12.6. The average molecular weight is 581 g/mol. The maximum atomic E-state index is 5.04. The van der Waals surface area contributed by atoms with Gasteiger partial charge in [-0.3, -0.25) is 9.97 Å². The van der Waals surface area contributed by atoms with E-state index in [-0.39, 0.29) is 0 Å². The summed E-state index contributed by atoms with van der Waals surface area (Å²) in [5, 5.41) is 17.7. The van der Waals surface area contributed by atoms with Crippen LogP contribution in [-0.2, 0) is 0 Å². The lowest BCUT2D eigenvalue weighted by atomic mass is 9.89. The normalized spacial score (nSPS) is 12.3. The molecule has 0 saturated heterocycles. The van der Waals surface area contributed by atoms with Crippen molar-refractivity contribution in [1.29, 1.82) is 0 Å². The van der Waals surface area contributed by atoms with Crippen molar-refractivity contribution in [3.8, 4) is 22.3 Å². The van der Waals surface area contributed by atoms with E-state index in [1.807, 2.05) is 12.4 Å². The summed E-state index contributed by atoms with van der Waals surface area (Å²) in [5.74, 6) is 0. The molecule has 0 saturated carbocycles. The molecule has 0 N–H and O–H groups in total. The molecule has 0 aliphatic carbocycles. The van der Waals surface area contributed by atoms with Gasteiger partial charge in [0.1, 0.15) is 0 Å². The van der Waals surface area contributed by atoms with Gasteiger partial charge in [-0.1, -0.05) is 121 Å². The topological polar surface area (TPSA) is 25.8 Å². The van der Waals surface area contributed by atoms with E-state index in [9.17, 15) is 0 Å². The lowest BCUT2D eigenvalue weighted by Gasteiger charge is -2.15. The Hall–Kier alpha value is -6.12. The molecule has 2 heterocycles. The van der Waals surface area contributed by atoms with E-state index in [4.69, 9.17) is 9.97 Å². The summed E-state index contributed by atoms with van der Waals surface area (Å²) in [7, 11) is 0. The van der Waals surface area contributed by atoms with E-state index >= 15 is 0 Å². The van der Waals surface area contributed by atoms with Crippen molar-refractivity contribution in [3.63, 3.8) is 0 Å². The minimum atomic E-state index is 0.931. The van der Waals surface area contributed by atoms with E-state index in [0.29, 0.717) is 0 Å². The van der Waals surface area contributed by atoms with Crippen LogP contribution in [0.3, 0.4) is 0 Å². The molecule has 0 unspecified atom stereocenters. The molecular formula is C44H24N2. The van der Waals surface area contributed by atoms with Crippen LogP contribution in [0.25, 0.3) is 109 Å². The molecule has 2 nitrogen and oxygen atoms in total. The molecule has 210 valence electrons. The highest BCUT2D eigenvalue weighted by molar-refractivity contribution is 6.27. The Balaban J connectivity index is 1.07. The first-order chi connectivity index (χ1) is 22.8. The summed E-state index contributed by atoms with van der Waals surface area (Å²) in [4.78, 5) is 10.1. The van der Waals surface area contributed by atoms with Crippen LogP contribution >= 0.6 is 0 Å². The maximum Gasteiger partial charge on any atom is 0.0965 e. The maximum absolute atomic E-state index is 5.04. The highest BCUT2D eigenvalue weighted by atomic mass is 14.7. The molecule has 0 fully saturated rings. The number of fused-ring (bicyclic) bond motifs is 3. The Morgan fingerprint density at radius 3 is 1.09 bits per heavy atom. The van der Waals surface area contributed by atoms with Gasteiger partial charge in [0.05, 0.1) is 11.0 Å². The molecule has 0 aliphatic heterocycles. The molecule has 11 aromatic rings. The van der Waals surface area contributed by atoms with E-state index in [1.54, 1.807) is 0 Å². The molecule has 0 atom stereocenters. The Kier molecular flexibility index (Phi) is 4.61. The molecule has 2 aromatic heterocycles. The molecule has 0 radical (unpaired) electrons. The van der Waals surface area contributed by atoms with Crippen molar-refractivity contribution < 1.29 is 0 Å². The number of hydrogen-bond acceptors (Lipinski definition) is 2. The van der Waals surface area contributed by atoms with E-state index in [0.717, 1.165) is 32.9 Å². The molecule has 0 spiro atoms. The third kappa shape index (κ3) is 3.20. The van der Waals surface area contributed by atoms with Crippen molar-refractivity contribution >= 4 is 86.4 Å². The molecule has 9 aromatic carbocycles. The lowest BCUT2D eigenvalue weighted by Crippen LogP contribution is -1.91. The third-order valence-corrected chi connectivity index (χ3v) is 10.2. The summed E-state index contributed by atoms with van der Waals surface area (Å²) < 4.78 is 0. The van der Waals surface area contributed by atoms with E-state index in [2.05, 4.69) is 133 Å². The molecule has 11 rings (SSSR count). The molecule has 0 bridgehead atoms. The predicted molar refractivity (Wildman–Crippen MR) is 195 cm³/mol. The first-order valence-corrected chi connectivity index (χ1v) is 15.8. The van der Waals surface area contributed by atoms with Gasteiger partial charge < -0.3 is 0 Å². The summed E-state index contributed by atoms with van der Waals surface area (Å²) >= 11 is 0. The van der Waals surface area contributed by atoms with Crippen molar-refractivity contribution in [3.05, 3.63) is 146 Å². The number of pyridine rings is 2. The first kappa shape index (κ1) is 24.2. The van der Waals surface area contributed by atoms with Crippen LogP contribution in [0.4, 0.5) is 0 Å². The summed E-state index contributed by atoms with van der Waals surface area (Å²) in [6.45, 7) is 0. The van der Waals surface area contributed by atoms with Crippen LogP contribution in [0.15, 0.2) is 146 Å². The second-order valence-corrected chi connectivity index (χ2v) is 12.6. The molecule has 2 heteroatoms. The van der Waals surface area contributed by atoms with Gasteiger partial charge in [-0.05, 0) is 87.9 Å². The molecule has 0 amide bonds. The van der Waals surface area contributed by atoms with Gasteiger partial charge in [0.2, 0.25) is 0 Å². The molecule has 0 aliphatic rings. The van der Waals surface area contributed by atoms with Gasteiger partial charge in [0.15, 0.2) is 0 Å². The van der Waals surface area contributed by atoms with Crippen LogP contribution < -0.4 is 0 Å². The zero-order valence-electron chi connectivity index (χ0n) is 24.8. The van der Waals surface area contributed by atoms with Crippen molar-refractivity contribution in [2.45, 2.75) is 0 Å². The minimum Gasteiger partial charge on any atom is -0.253 e. The van der Waals surface area contributed by atoms with Crippen LogP contribution in [0, 0.1) is 0 Å². The Morgan fingerprint density at radius 1 is 0.304 bits per heavy atom. The standard InChI is InChI=1S/C44H24N2/c1-3-25-7-9-29-13-17-35(37-19-15-27(5-1)39(25)41(29)37)33-21-31-11-12-32-22-34(24-46-44(32)43(31)45-23-33)36-18-14-30-10-8-26-4-2-6-28-16-20-38(36)42(30)40(26)28/h1-24H. The zero-order chi connectivity index (χ0) is 29.9. The fourth-order valence-electron chi connectivity index (χ4n) is 8.06. The quantitative estimate of drug-likeness (QED) is 0.190. The van der Waals surface area contributed by atoms with Gasteiger partial charge in [-0.25, -0.2) is 0 Å². The Bertz CT molecular complexity index is 2790. The highest BCUT2D eigenvalue weighted by Crippen LogP contribution is 2.42. The van der Waals surface area contributed by atoms with Gasteiger partial charge in [-0.2, -0.15) is 0 Å². The SMILES string of the molecule is c1cc2ccc3ccc(-c4cnc5c(ccc6cc(-c7ccc8ccc9cccc%10ccc7c8c9%10)cnc65)c4)c4ccc(c1)c2c34. The smallest absolute Gasteiger partial charge is 0.0965 e. The first-order valence-electron chi connectivity index (χ1n) is 15.8. The van der Waals surface area contributed by atoms with Gasteiger partial charge in [-0.15, -0.1) is 0 Å². The largest absolute Gasteiger partial charge is 0.253 e. The van der Waals surface area contributed by atoms with Gasteiger partial charge >= 0.3 is 0 Å². The van der Waals surface area contributed by atoms with E-state index in [1.165, 1.54) is 75.8 Å². The number of hydrogen-bond donors (Lipinski definition) is 0. The van der Waals surface area contributed by atoms with Crippen molar-refractivity contribution in [2.24, 2.45) is 0 Å². The van der Waals surface area contributed by atoms with Crippen molar-refractivity contribution in [2.75, 3.05) is 0 Å². The van der Waals surface area contributed by atoms with Crippen LogP contribution in [0.1, 0.15) is 0 Å². The fourth-order valence-corrected chi connectivity index (χ4v) is 8.06. The van der Waals surface area contributed by atoms with Crippen molar-refractivity contribution in [1.82, 2.24) is 9.97 Å². The summed E-state index contributed by atoms with van der Waals surface area (Å²) in [6.07, 6.45) is 4.04. The Labute approximate surface area is 263 Å². The summed E-state index contributed by atoms with van der Waals surface area (Å²) in [5.41, 5.74) is 6.52. The average Bonchev–Trinajstić information content (AvgIpc) is 3.12. The molecule has 46 heavy (non-hydrogen) atoms.